The fourth-order valence-electron chi connectivity index (χ4n) is 6.02. The highest BCUT2D eigenvalue weighted by Gasteiger charge is 2.31. The number of ether oxygens (including phenoxy) is 2. The van der Waals surface area contributed by atoms with Crippen molar-refractivity contribution in [2.45, 2.75) is 206 Å². The van der Waals surface area contributed by atoms with Gasteiger partial charge in [0, 0.05) is 13.2 Å². The smallest absolute Gasteiger partial charge is 0.359 e. The largest absolute Gasteiger partial charge is 0.394 e. The van der Waals surface area contributed by atoms with Crippen molar-refractivity contribution < 1.29 is 38.5 Å². The molecule has 0 saturated carbocycles. The van der Waals surface area contributed by atoms with E-state index in [1.54, 1.807) is 21.1 Å². The second-order valence-electron chi connectivity index (χ2n) is 16.2. The van der Waals surface area contributed by atoms with Gasteiger partial charge in [-0.2, -0.15) is 0 Å². The third kappa shape index (κ3) is 47.5. The van der Waals surface area contributed by atoms with Gasteiger partial charge in [0.05, 0.1) is 34.4 Å². The topological polar surface area (TPSA) is 116 Å². The van der Waals surface area contributed by atoms with Gasteiger partial charge >= 0.3 is 7.60 Å². The minimum absolute atomic E-state index is 0.0459. The summed E-state index contributed by atoms with van der Waals surface area (Å²) in [5.74, 6) is -1.55. The van der Waals surface area contributed by atoms with Crippen LogP contribution in [0, 0.1) is 0 Å². The number of aliphatic hydroxyl groups excluding tert-OH is 2. The summed E-state index contributed by atoms with van der Waals surface area (Å²) in [7, 11) is 0.933. The van der Waals surface area contributed by atoms with Gasteiger partial charge in [-0.25, -0.2) is 0 Å². The second-order valence-corrected chi connectivity index (χ2v) is 17.9. The van der Waals surface area contributed by atoms with E-state index >= 15 is 0 Å². The molecule has 0 saturated heterocycles. The maximum absolute atomic E-state index is 10.4. The van der Waals surface area contributed by atoms with Crippen molar-refractivity contribution in [2.24, 2.45) is 0 Å². The molecule has 9 heteroatoms. The lowest BCUT2D eigenvalue weighted by Crippen LogP contribution is -2.41. The fraction of sp³-hybridized carbons (Fsp3) is 0.909. The molecular weight excluding hydrogens is 685 g/mol. The van der Waals surface area contributed by atoms with E-state index < -0.39 is 13.4 Å². The molecule has 0 radical (unpaired) electrons. The Morgan fingerprint density at radius 1 is 0.547 bits per heavy atom. The number of quaternary nitrogens is 1. The van der Waals surface area contributed by atoms with Crippen LogP contribution in [0.25, 0.3) is 0 Å². The molecule has 8 nitrogen and oxygen atoms in total. The average molecular weight is 777 g/mol. The monoisotopic (exact) mass is 777 g/mol. The molecule has 0 heterocycles. The van der Waals surface area contributed by atoms with Gasteiger partial charge in [0.25, 0.3) is 0 Å². The Kier molecular flexibility index (Phi) is 42.3. The van der Waals surface area contributed by atoms with Gasteiger partial charge in [-0.15, -0.1) is 0 Å². The first-order valence-electron chi connectivity index (χ1n) is 22.1. The number of unbranched alkanes of at least 4 members (excludes halogenated alkanes) is 24. The van der Waals surface area contributed by atoms with Crippen molar-refractivity contribution in [1.82, 2.24) is 0 Å². The van der Waals surface area contributed by atoms with Crippen LogP contribution in [0.15, 0.2) is 24.3 Å². The number of aliphatic hydroxyl groups is 2. The lowest BCUT2D eigenvalue weighted by atomic mass is 10.1. The molecule has 0 aromatic rings. The number of rotatable bonds is 39. The van der Waals surface area contributed by atoms with Crippen LogP contribution < -0.4 is 0 Å². The molecule has 0 aliphatic rings. The van der Waals surface area contributed by atoms with Crippen LogP contribution in [-0.4, -0.2) is 90.5 Å². The normalized spacial score (nSPS) is 13.5. The Morgan fingerprint density at radius 3 is 1.21 bits per heavy atom. The molecule has 0 aliphatic carbocycles. The van der Waals surface area contributed by atoms with Crippen molar-refractivity contribution in [3.05, 3.63) is 24.3 Å². The van der Waals surface area contributed by atoms with Crippen LogP contribution in [0.1, 0.15) is 194 Å². The average Bonchev–Trinajstić information content (AvgIpc) is 3.10. The van der Waals surface area contributed by atoms with Crippen molar-refractivity contribution in [3.8, 4) is 0 Å². The van der Waals surface area contributed by atoms with E-state index in [9.17, 15) is 9.67 Å². The van der Waals surface area contributed by atoms with Crippen LogP contribution in [0.4, 0.5) is 0 Å². The summed E-state index contributed by atoms with van der Waals surface area (Å²) in [6.45, 7) is 6.71. The molecule has 0 spiro atoms. The molecule has 0 aromatic heterocycles. The van der Waals surface area contributed by atoms with Gasteiger partial charge in [0.15, 0.2) is 0 Å². The predicted octanol–water partition coefficient (Wildman–Crippen LogP) is 11.6. The van der Waals surface area contributed by atoms with E-state index in [1.165, 1.54) is 167 Å². The van der Waals surface area contributed by atoms with Gasteiger partial charge in [-0.1, -0.05) is 154 Å². The van der Waals surface area contributed by atoms with E-state index in [-0.39, 0.29) is 19.3 Å². The first-order chi connectivity index (χ1) is 25.5. The van der Waals surface area contributed by atoms with Crippen LogP contribution in [0.2, 0.25) is 0 Å². The van der Waals surface area contributed by atoms with Crippen molar-refractivity contribution in [3.63, 3.8) is 0 Å². The molecule has 0 rings (SSSR count). The van der Waals surface area contributed by atoms with Gasteiger partial charge in [0.1, 0.15) is 12.6 Å². The number of hydrogen-bond donors (Lipinski definition) is 4. The van der Waals surface area contributed by atoms with E-state index in [1.807, 2.05) is 0 Å². The number of allylic oxidation sites excluding steroid dienone is 4. The lowest BCUT2D eigenvalue weighted by Gasteiger charge is -2.26. The zero-order valence-corrected chi connectivity index (χ0v) is 36.6. The lowest BCUT2D eigenvalue weighted by molar-refractivity contribution is -0.872. The van der Waals surface area contributed by atoms with Crippen LogP contribution in [0.3, 0.4) is 0 Å². The summed E-state index contributed by atoms with van der Waals surface area (Å²) in [5.41, 5.74) is 0. The van der Waals surface area contributed by atoms with Crippen molar-refractivity contribution in [2.75, 3.05) is 54.1 Å². The molecule has 0 aromatic carbocycles. The summed E-state index contributed by atoms with van der Waals surface area (Å²) in [6, 6.07) is 0. The Morgan fingerprint density at radius 2 is 0.887 bits per heavy atom. The van der Waals surface area contributed by atoms with E-state index in [0.29, 0.717) is 11.1 Å². The molecule has 0 bridgehead atoms. The Balaban J connectivity index is 0. The molecule has 53 heavy (non-hydrogen) atoms. The maximum Gasteiger partial charge on any atom is 0.359 e. The second kappa shape index (κ2) is 41.1. The molecule has 318 valence electrons. The molecule has 4 N–H and O–H groups in total. The molecule has 0 fully saturated rings. The molecule has 2 unspecified atom stereocenters. The van der Waals surface area contributed by atoms with Gasteiger partial charge in [0.2, 0.25) is 5.85 Å². The minimum atomic E-state index is -4.31. The highest BCUT2D eigenvalue weighted by Crippen LogP contribution is 2.40. The summed E-state index contributed by atoms with van der Waals surface area (Å²) < 4.78 is 22.4. The summed E-state index contributed by atoms with van der Waals surface area (Å²) in [6.07, 6.45) is 46.4. The van der Waals surface area contributed by atoms with Crippen LogP contribution >= 0.6 is 7.60 Å². The summed E-state index contributed by atoms with van der Waals surface area (Å²) in [5, 5.41) is 18.5. The zero-order valence-electron chi connectivity index (χ0n) is 35.7. The van der Waals surface area contributed by atoms with Crippen molar-refractivity contribution in [1.29, 1.82) is 0 Å². The quantitative estimate of drug-likeness (QED) is 0.0213. The number of likely N-dealkylation sites (N-methyl/N-ethyl adjacent to an activating group) is 1. The van der Waals surface area contributed by atoms with Gasteiger partial charge < -0.3 is 34.0 Å². The highest BCUT2D eigenvalue weighted by atomic mass is 31.2. The predicted molar refractivity (Wildman–Crippen MR) is 227 cm³/mol. The third-order valence-corrected chi connectivity index (χ3v) is 10.4. The molecule has 0 amide bonds. The number of hydrogen-bond acceptors (Lipinski definition) is 5. The third-order valence-electron chi connectivity index (χ3n) is 9.42. The van der Waals surface area contributed by atoms with E-state index in [2.05, 4.69) is 38.2 Å². The van der Waals surface area contributed by atoms with Crippen LogP contribution in [0.5, 0.6) is 0 Å². The number of nitrogens with zero attached hydrogens (tertiary/aromatic N) is 1. The Labute approximate surface area is 329 Å². The summed E-state index contributed by atoms with van der Waals surface area (Å²) in [4.78, 5) is 17.0. The first kappa shape index (κ1) is 54.5. The van der Waals surface area contributed by atoms with Crippen LogP contribution in [-0.2, 0) is 14.0 Å². The first-order valence-corrected chi connectivity index (χ1v) is 23.8. The summed E-state index contributed by atoms with van der Waals surface area (Å²) >= 11 is 0. The Bertz CT molecular complexity index is 827. The van der Waals surface area contributed by atoms with E-state index in [4.69, 9.17) is 24.4 Å². The standard InChI is InChI=1S/C39H76O3.C5H14NO4P/c1-3-5-7-9-11-13-15-17-19-21-23-25-27-29-31-33-35-41-38-39(37-40)42-36-34-32-30-28-26-24-22-20-18-16-14-12-10-8-6-4-2;1-6(2,3)4-5(7)11(8,9)10/h17-20,39-40H,3-16,21-38H2,1-2H3;5,7H,4H2,1-3H3,(H-,8,9,10)/p+1/b19-17-,20-18-;. The SMILES string of the molecule is CCCCCCCC/C=C\CCCCCCCCOCC(CO)OCCCCCCCC/C=C\CCCCCCCC.C[N+](C)(C)CC(O)P(=O)(O)O. The highest BCUT2D eigenvalue weighted by molar-refractivity contribution is 7.52. The van der Waals surface area contributed by atoms with Gasteiger partial charge in [-0.05, 0) is 64.2 Å². The zero-order chi connectivity index (χ0) is 39.7. The Hall–Kier alpha value is -0.570. The molecular formula is C44H91NO7P+. The minimum Gasteiger partial charge on any atom is -0.394 e. The van der Waals surface area contributed by atoms with Gasteiger partial charge in [-0.3, -0.25) is 4.57 Å². The molecule has 2 atom stereocenters. The molecule has 0 aliphatic heterocycles. The fourth-order valence-corrected chi connectivity index (χ4v) is 6.72. The maximum atomic E-state index is 10.4. The van der Waals surface area contributed by atoms with E-state index in [0.717, 1.165) is 26.1 Å². The van der Waals surface area contributed by atoms with Crippen molar-refractivity contribution >= 4 is 7.60 Å².